The number of rotatable bonds is 3. The lowest BCUT2D eigenvalue weighted by Gasteiger charge is -2.31. The van der Waals surface area contributed by atoms with Crippen molar-refractivity contribution in [3.05, 3.63) is 30.3 Å². The van der Waals surface area contributed by atoms with Gasteiger partial charge in [-0.25, -0.2) is 0 Å². The lowest BCUT2D eigenvalue weighted by Crippen LogP contribution is -2.47. The molecule has 19 heavy (non-hydrogen) atoms. The molecule has 0 spiro atoms. The van der Waals surface area contributed by atoms with Crippen LogP contribution in [0.1, 0.15) is 19.3 Å². The van der Waals surface area contributed by atoms with E-state index in [4.69, 9.17) is 0 Å². The van der Waals surface area contributed by atoms with E-state index in [0.717, 1.165) is 6.42 Å². The van der Waals surface area contributed by atoms with Crippen molar-refractivity contribution in [2.45, 2.75) is 56.6 Å². The molecule has 0 unspecified atom stereocenters. The summed E-state index contributed by atoms with van der Waals surface area (Å²) in [4.78, 5) is 2.60. The largest absolute Gasteiger partial charge is 0.391 e. The summed E-state index contributed by atoms with van der Waals surface area (Å²) in [5.41, 5.74) is 0. The second-order valence-corrected chi connectivity index (χ2v) is 11.6. The fraction of sp³-hybridized carbons (Fsp3) is 0.625. The predicted molar refractivity (Wildman–Crippen MR) is 82.5 cm³/mol. The number of hydrogen-bond donors (Lipinski definition) is 1. The molecule has 0 saturated carbocycles. The quantitative estimate of drug-likeness (QED) is 0.855. The number of nitrogens with zero attached hydrogens (tertiary/aromatic N) is 1. The summed E-state index contributed by atoms with van der Waals surface area (Å²) in [5.74, 6) is 0. The minimum absolute atomic E-state index is 0.0759. The Morgan fingerprint density at radius 3 is 2.74 bits per heavy atom. The van der Waals surface area contributed by atoms with Gasteiger partial charge >= 0.3 is 0 Å². The zero-order chi connectivity index (χ0) is 13.5. The summed E-state index contributed by atoms with van der Waals surface area (Å²) >= 11 is 0. The first kappa shape index (κ1) is 13.3. The van der Waals surface area contributed by atoms with E-state index >= 15 is 0 Å². The maximum absolute atomic E-state index is 10.2. The van der Waals surface area contributed by atoms with Gasteiger partial charge in [0.05, 0.1) is 14.2 Å². The summed E-state index contributed by atoms with van der Waals surface area (Å²) in [7, 11) is -1.39. The Bertz CT molecular complexity index is 434. The van der Waals surface area contributed by atoms with Crippen LogP contribution >= 0.6 is 0 Å². The third-order valence-corrected chi connectivity index (χ3v) is 8.46. The van der Waals surface area contributed by atoms with Gasteiger partial charge in [-0.3, -0.25) is 4.90 Å². The van der Waals surface area contributed by atoms with E-state index in [0.29, 0.717) is 12.1 Å². The molecule has 2 fully saturated rings. The summed E-state index contributed by atoms with van der Waals surface area (Å²) in [6, 6.07) is 13.4. The Labute approximate surface area is 117 Å². The standard InChI is InChI=1S/C16H25NOSi/c1-19(2,14-7-4-3-5-8-14)12-13-11-16(18)15-9-6-10-17(13)15/h3-5,7-8,13,15-16,18H,6,9-12H2,1-2H3/t13-,15+,16+/m0/s1. The van der Waals surface area contributed by atoms with Gasteiger partial charge in [-0.05, 0) is 31.9 Å². The molecule has 104 valence electrons. The van der Waals surface area contributed by atoms with Crippen molar-refractivity contribution < 1.29 is 5.11 Å². The molecule has 3 atom stereocenters. The maximum atomic E-state index is 10.2. The summed E-state index contributed by atoms with van der Waals surface area (Å²) in [6.45, 7) is 6.14. The maximum Gasteiger partial charge on any atom is 0.0821 e. The van der Waals surface area contributed by atoms with Gasteiger partial charge in [0.25, 0.3) is 0 Å². The molecule has 0 aromatic heterocycles. The minimum atomic E-state index is -1.39. The van der Waals surface area contributed by atoms with E-state index in [9.17, 15) is 5.11 Å². The number of aliphatic hydroxyl groups excluding tert-OH is 1. The second kappa shape index (κ2) is 5.04. The van der Waals surface area contributed by atoms with Crippen LogP contribution in [-0.2, 0) is 0 Å². The van der Waals surface area contributed by atoms with Gasteiger partial charge in [0.15, 0.2) is 0 Å². The normalized spacial score (nSPS) is 31.6. The topological polar surface area (TPSA) is 23.5 Å². The van der Waals surface area contributed by atoms with Crippen LogP contribution in [0, 0.1) is 0 Å². The number of hydrogen-bond acceptors (Lipinski definition) is 2. The van der Waals surface area contributed by atoms with Crippen molar-refractivity contribution in [1.82, 2.24) is 4.90 Å². The Balaban J connectivity index is 1.74. The molecule has 1 aromatic rings. The van der Waals surface area contributed by atoms with Gasteiger partial charge in [0.2, 0.25) is 0 Å². The smallest absolute Gasteiger partial charge is 0.0821 e. The molecule has 3 heteroatoms. The van der Waals surface area contributed by atoms with Crippen molar-refractivity contribution in [3.63, 3.8) is 0 Å². The molecule has 2 aliphatic heterocycles. The van der Waals surface area contributed by atoms with E-state index in [1.54, 1.807) is 5.19 Å². The van der Waals surface area contributed by atoms with Gasteiger partial charge in [0, 0.05) is 12.1 Å². The Morgan fingerprint density at radius 2 is 2.00 bits per heavy atom. The Morgan fingerprint density at radius 1 is 1.26 bits per heavy atom. The Kier molecular flexibility index (Phi) is 3.54. The van der Waals surface area contributed by atoms with Gasteiger partial charge in [-0.1, -0.05) is 48.6 Å². The number of aliphatic hydroxyl groups is 1. The lowest BCUT2D eigenvalue weighted by atomic mass is 10.1. The van der Waals surface area contributed by atoms with Crippen LogP contribution < -0.4 is 5.19 Å². The molecule has 1 aromatic carbocycles. The van der Waals surface area contributed by atoms with Crippen molar-refractivity contribution in [2.75, 3.05) is 6.54 Å². The van der Waals surface area contributed by atoms with Crippen molar-refractivity contribution >= 4 is 13.3 Å². The molecule has 0 radical (unpaired) electrons. The average molecular weight is 275 g/mol. The molecule has 0 bridgehead atoms. The third kappa shape index (κ3) is 2.51. The minimum Gasteiger partial charge on any atom is -0.391 e. The van der Waals surface area contributed by atoms with E-state index in [2.05, 4.69) is 48.3 Å². The highest BCUT2D eigenvalue weighted by Gasteiger charge is 2.44. The first-order chi connectivity index (χ1) is 9.08. The first-order valence-electron chi connectivity index (χ1n) is 7.57. The molecule has 0 aliphatic carbocycles. The fourth-order valence-corrected chi connectivity index (χ4v) is 6.96. The lowest BCUT2D eigenvalue weighted by molar-refractivity contribution is 0.134. The van der Waals surface area contributed by atoms with E-state index in [1.165, 1.54) is 25.4 Å². The molecule has 2 nitrogen and oxygen atoms in total. The van der Waals surface area contributed by atoms with Crippen LogP contribution in [0.15, 0.2) is 30.3 Å². The molecular formula is C16H25NOSi. The van der Waals surface area contributed by atoms with Crippen LogP contribution in [0.2, 0.25) is 19.1 Å². The first-order valence-corrected chi connectivity index (χ1v) is 10.8. The van der Waals surface area contributed by atoms with E-state index in [1.807, 2.05) is 0 Å². The zero-order valence-corrected chi connectivity index (χ0v) is 13.0. The summed E-state index contributed by atoms with van der Waals surface area (Å²) < 4.78 is 0. The molecule has 2 heterocycles. The molecule has 3 rings (SSSR count). The SMILES string of the molecule is C[Si](C)(C[C@@H]1C[C@@H](O)[C@H]2CCCN12)c1ccccc1. The highest BCUT2D eigenvalue weighted by molar-refractivity contribution is 6.89. The molecular weight excluding hydrogens is 250 g/mol. The Hall–Kier alpha value is -0.643. The van der Waals surface area contributed by atoms with E-state index < -0.39 is 8.07 Å². The van der Waals surface area contributed by atoms with E-state index in [-0.39, 0.29) is 6.10 Å². The van der Waals surface area contributed by atoms with Crippen LogP contribution in [0.3, 0.4) is 0 Å². The molecule has 2 aliphatic rings. The number of fused-ring (bicyclic) bond motifs is 1. The summed E-state index contributed by atoms with van der Waals surface area (Å²) in [5, 5.41) is 11.8. The van der Waals surface area contributed by atoms with Crippen LogP contribution in [0.4, 0.5) is 0 Å². The second-order valence-electron chi connectivity index (χ2n) is 6.86. The number of benzene rings is 1. The van der Waals surface area contributed by atoms with Gasteiger partial charge in [-0.15, -0.1) is 0 Å². The highest BCUT2D eigenvalue weighted by Crippen LogP contribution is 2.36. The van der Waals surface area contributed by atoms with Gasteiger partial charge in [0.1, 0.15) is 0 Å². The highest BCUT2D eigenvalue weighted by atomic mass is 28.3. The van der Waals surface area contributed by atoms with Crippen LogP contribution in [-0.4, -0.2) is 42.8 Å². The van der Waals surface area contributed by atoms with Crippen LogP contribution in [0.25, 0.3) is 0 Å². The third-order valence-electron chi connectivity index (χ3n) is 5.07. The van der Waals surface area contributed by atoms with Gasteiger partial charge < -0.3 is 5.11 Å². The van der Waals surface area contributed by atoms with Gasteiger partial charge in [-0.2, -0.15) is 0 Å². The molecule has 2 saturated heterocycles. The average Bonchev–Trinajstić information content (AvgIpc) is 2.96. The predicted octanol–water partition coefficient (Wildman–Crippen LogP) is 2.20. The summed E-state index contributed by atoms with van der Waals surface area (Å²) in [6.07, 6.45) is 3.39. The monoisotopic (exact) mass is 275 g/mol. The molecule has 1 N–H and O–H groups in total. The van der Waals surface area contributed by atoms with Crippen LogP contribution in [0.5, 0.6) is 0 Å². The van der Waals surface area contributed by atoms with Crippen molar-refractivity contribution in [1.29, 1.82) is 0 Å². The fourth-order valence-electron chi connectivity index (χ4n) is 4.05. The molecule has 0 amide bonds. The van der Waals surface area contributed by atoms with Crippen molar-refractivity contribution in [3.8, 4) is 0 Å². The zero-order valence-electron chi connectivity index (χ0n) is 12.0. The van der Waals surface area contributed by atoms with Crippen molar-refractivity contribution in [2.24, 2.45) is 0 Å².